The lowest BCUT2D eigenvalue weighted by Crippen LogP contribution is -2.22. The molecular formula is C15H21N5O2. The van der Waals surface area contributed by atoms with E-state index in [1.807, 2.05) is 24.7 Å². The number of anilines is 1. The van der Waals surface area contributed by atoms with Gasteiger partial charge in [-0.1, -0.05) is 0 Å². The quantitative estimate of drug-likeness (QED) is 0.691. The van der Waals surface area contributed by atoms with Gasteiger partial charge in [-0.05, 0) is 40.7 Å². The van der Waals surface area contributed by atoms with Crippen molar-refractivity contribution in [1.29, 1.82) is 0 Å². The van der Waals surface area contributed by atoms with Crippen molar-refractivity contribution in [2.45, 2.75) is 46.2 Å². The van der Waals surface area contributed by atoms with Gasteiger partial charge in [0.25, 0.3) is 0 Å². The van der Waals surface area contributed by atoms with Gasteiger partial charge in [-0.3, -0.25) is 14.8 Å². The van der Waals surface area contributed by atoms with Crippen LogP contribution < -0.4 is 5.32 Å². The largest absolute Gasteiger partial charge is 0.358 e. The summed E-state index contributed by atoms with van der Waals surface area (Å²) in [5.74, 6) is 0.267. The Morgan fingerprint density at radius 3 is 2.64 bits per heavy atom. The Labute approximate surface area is 129 Å². The van der Waals surface area contributed by atoms with E-state index in [4.69, 9.17) is 0 Å². The normalized spacial score (nSPS) is 13.0. The smallest absolute Gasteiger partial charge is 0.311 e. The summed E-state index contributed by atoms with van der Waals surface area (Å²) in [5.41, 5.74) is 1.75. The van der Waals surface area contributed by atoms with Gasteiger partial charge in [-0.15, -0.1) is 0 Å². The van der Waals surface area contributed by atoms with Crippen LogP contribution in [0.15, 0.2) is 24.5 Å². The molecule has 0 aliphatic heterocycles. The molecule has 0 aromatic carbocycles. The molecule has 22 heavy (non-hydrogen) atoms. The first-order chi connectivity index (χ1) is 10.2. The fraction of sp³-hybridized carbons (Fsp3) is 0.467. The van der Waals surface area contributed by atoms with E-state index in [9.17, 15) is 10.1 Å². The standard InChI is InChI=1S/C15H21N5O2/c1-10(12-9-19(15(3,4)5)18-11(12)2)17-14-13(20(21)22)7-6-8-16-14/h6-10H,1-5H3,(H,16,17). The van der Waals surface area contributed by atoms with Crippen molar-refractivity contribution in [2.75, 3.05) is 5.32 Å². The molecule has 0 spiro atoms. The molecule has 2 aromatic rings. The van der Waals surface area contributed by atoms with E-state index < -0.39 is 4.92 Å². The summed E-state index contributed by atoms with van der Waals surface area (Å²) >= 11 is 0. The summed E-state index contributed by atoms with van der Waals surface area (Å²) in [6, 6.07) is 2.86. The van der Waals surface area contributed by atoms with E-state index >= 15 is 0 Å². The van der Waals surface area contributed by atoms with Gasteiger partial charge in [0.15, 0.2) is 0 Å². The molecule has 2 aromatic heterocycles. The van der Waals surface area contributed by atoms with E-state index in [1.165, 1.54) is 12.3 Å². The predicted octanol–water partition coefficient (Wildman–Crippen LogP) is 3.42. The second-order valence-corrected chi connectivity index (χ2v) is 6.28. The molecule has 2 rings (SSSR count). The highest BCUT2D eigenvalue weighted by Crippen LogP contribution is 2.27. The first kappa shape index (κ1) is 15.9. The number of nitro groups is 1. The molecule has 0 radical (unpaired) electrons. The fourth-order valence-corrected chi connectivity index (χ4v) is 2.18. The molecular weight excluding hydrogens is 282 g/mol. The van der Waals surface area contributed by atoms with E-state index in [1.54, 1.807) is 6.07 Å². The van der Waals surface area contributed by atoms with Gasteiger partial charge >= 0.3 is 5.69 Å². The van der Waals surface area contributed by atoms with Crippen LogP contribution in [0.1, 0.15) is 45.0 Å². The van der Waals surface area contributed by atoms with Crippen molar-refractivity contribution in [2.24, 2.45) is 0 Å². The highest BCUT2D eigenvalue weighted by molar-refractivity contribution is 5.56. The second kappa shape index (κ2) is 5.75. The molecule has 7 heteroatoms. The minimum atomic E-state index is -0.437. The SMILES string of the molecule is Cc1nn(C(C)(C)C)cc1C(C)Nc1ncccc1[N+](=O)[O-]. The maximum absolute atomic E-state index is 11.1. The van der Waals surface area contributed by atoms with E-state index in [0.717, 1.165) is 11.3 Å². The zero-order valence-corrected chi connectivity index (χ0v) is 13.5. The van der Waals surface area contributed by atoms with Crippen molar-refractivity contribution < 1.29 is 4.92 Å². The van der Waals surface area contributed by atoms with Crippen molar-refractivity contribution in [3.05, 3.63) is 45.9 Å². The molecule has 1 unspecified atom stereocenters. The molecule has 0 saturated heterocycles. The number of nitrogens with one attached hydrogen (secondary N) is 1. The number of aromatic nitrogens is 3. The molecule has 0 bridgehead atoms. The first-order valence-corrected chi connectivity index (χ1v) is 7.12. The molecule has 2 heterocycles. The third-order valence-corrected chi connectivity index (χ3v) is 3.43. The lowest BCUT2D eigenvalue weighted by molar-refractivity contribution is -0.384. The van der Waals surface area contributed by atoms with Crippen LogP contribution >= 0.6 is 0 Å². The van der Waals surface area contributed by atoms with Gasteiger partial charge < -0.3 is 5.32 Å². The Morgan fingerprint density at radius 2 is 2.09 bits per heavy atom. The van der Waals surface area contributed by atoms with Crippen LogP contribution in [0.2, 0.25) is 0 Å². The maximum Gasteiger partial charge on any atom is 0.311 e. The van der Waals surface area contributed by atoms with Crippen molar-refractivity contribution >= 4 is 11.5 Å². The van der Waals surface area contributed by atoms with E-state index in [2.05, 4.69) is 36.2 Å². The lowest BCUT2D eigenvalue weighted by atomic mass is 10.1. The Morgan fingerprint density at radius 1 is 1.41 bits per heavy atom. The number of hydrogen-bond acceptors (Lipinski definition) is 5. The second-order valence-electron chi connectivity index (χ2n) is 6.28. The molecule has 0 fully saturated rings. The molecule has 0 amide bonds. The topological polar surface area (TPSA) is 85.9 Å². The van der Waals surface area contributed by atoms with Crippen LogP contribution in [0, 0.1) is 17.0 Å². The monoisotopic (exact) mass is 303 g/mol. The minimum Gasteiger partial charge on any atom is -0.358 e. The number of nitrogens with zero attached hydrogens (tertiary/aromatic N) is 4. The van der Waals surface area contributed by atoms with Crippen molar-refractivity contribution in [3.8, 4) is 0 Å². The van der Waals surface area contributed by atoms with Crippen LogP contribution in [0.5, 0.6) is 0 Å². The first-order valence-electron chi connectivity index (χ1n) is 7.12. The van der Waals surface area contributed by atoms with Gasteiger partial charge in [-0.25, -0.2) is 4.98 Å². The lowest BCUT2D eigenvalue weighted by Gasteiger charge is -2.19. The van der Waals surface area contributed by atoms with Crippen LogP contribution in [-0.4, -0.2) is 19.7 Å². The maximum atomic E-state index is 11.1. The Bertz CT molecular complexity index is 687. The molecule has 1 atom stereocenters. The van der Waals surface area contributed by atoms with Crippen LogP contribution in [0.3, 0.4) is 0 Å². The van der Waals surface area contributed by atoms with Gasteiger partial charge in [0.1, 0.15) is 0 Å². The number of aryl methyl sites for hydroxylation is 1. The average molecular weight is 303 g/mol. The summed E-state index contributed by atoms with van der Waals surface area (Å²) in [4.78, 5) is 14.7. The average Bonchev–Trinajstić information content (AvgIpc) is 2.81. The molecule has 1 N–H and O–H groups in total. The van der Waals surface area contributed by atoms with Gasteiger partial charge in [0.2, 0.25) is 5.82 Å². The summed E-state index contributed by atoms with van der Waals surface area (Å²) < 4.78 is 1.91. The summed E-state index contributed by atoms with van der Waals surface area (Å²) in [7, 11) is 0. The van der Waals surface area contributed by atoms with Gasteiger partial charge in [0.05, 0.1) is 22.2 Å². The summed E-state index contributed by atoms with van der Waals surface area (Å²) in [6.07, 6.45) is 3.51. The third kappa shape index (κ3) is 3.24. The zero-order valence-electron chi connectivity index (χ0n) is 13.5. The van der Waals surface area contributed by atoms with Gasteiger partial charge in [-0.2, -0.15) is 5.10 Å². The molecule has 0 saturated carbocycles. The summed E-state index contributed by atoms with van der Waals surface area (Å²) in [6.45, 7) is 10.1. The molecule has 0 aliphatic rings. The minimum absolute atomic E-state index is 0.0322. The zero-order chi connectivity index (χ0) is 16.5. The van der Waals surface area contributed by atoms with Crippen molar-refractivity contribution in [3.63, 3.8) is 0 Å². The Kier molecular flexibility index (Phi) is 4.16. The molecule has 0 aliphatic carbocycles. The van der Waals surface area contributed by atoms with Crippen molar-refractivity contribution in [1.82, 2.24) is 14.8 Å². The highest BCUT2D eigenvalue weighted by atomic mass is 16.6. The Balaban J connectivity index is 2.29. The fourth-order valence-electron chi connectivity index (χ4n) is 2.18. The predicted molar refractivity (Wildman–Crippen MR) is 84.9 cm³/mol. The van der Waals surface area contributed by atoms with Gasteiger partial charge in [0, 0.05) is 24.0 Å². The highest BCUT2D eigenvalue weighted by Gasteiger charge is 2.21. The molecule has 118 valence electrons. The number of hydrogen-bond donors (Lipinski definition) is 1. The molecule has 7 nitrogen and oxygen atoms in total. The summed E-state index contributed by atoms with van der Waals surface area (Å²) in [5, 5.41) is 18.7. The van der Waals surface area contributed by atoms with Crippen LogP contribution in [0.4, 0.5) is 11.5 Å². The number of rotatable bonds is 4. The van der Waals surface area contributed by atoms with E-state index in [-0.39, 0.29) is 23.1 Å². The third-order valence-electron chi connectivity index (χ3n) is 3.43. The van der Waals surface area contributed by atoms with E-state index in [0.29, 0.717) is 0 Å². The van der Waals surface area contributed by atoms with Crippen LogP contribution in [0.25, 0.3) is 0 Å². The van der Waals surface area contributed by atoms with Crippen LogP contribution in [-0.2, 0) is 5.54 Å². The Hall–Kier alpha value is -2.44. The number of pyridine rings is 1.